The van der Waals surface area contributed by atoms with Gasteiger partial charge in [0.25, 0.3) is 0 Å². The number of hydrogen-bond donors (Lipinski definition) is 1. The minimum absolute atomic E-state index is 0.144. The summed E-state index contributed by atoms with van der Waals surface area (Å²) in [6.45, 7) is 1.79. The maximum Gasteiger partial charge on any atom is 0.336 e. The lowest BCUT2D eigenvalue weighted by Gasteiger charge is -2.27. The van der Waals surface area contributed by atoms with Gasteiger partial charge in [0.1, 0.15) is 11.5 Å². The van der Waals surface area contributed by atoms with Crippen LogP contribution in [0.5, 0.6) is 0 Å². The molecule has 0 saturated heterocycles. The van der Waals surface area contributed by atoms with Crippen LogP contribution in [-0.4, -0.2) is 18.9 Å². The molecule has 2 heterocycles. The number of halogens is 2. The van der Waals surface area contributed by atoms with Crippen molar-refractivity contribution in [2.45, 2.75) is 12.8 Å². The highest BCUT2D eigenvalue weighted by molar-refractivity contribution is 6.42. The molecule has 1 aliphatic carbocycles. The van der Waals surface area contributed by atoms with E-state index in [-0.39, 0.29) is 5.78 Å². The summed E-state index contributed by atoms with van der Waals surface area (Å²) in [5, 5.41) is 4.09. The Morgan fingerprint density at radius 2 is 1.78 bits per heavy atom. The molecule has 160 valence electrons. The van der Waals surface area contributed by atoms with Crippen molar-refractivity contribution >= 4 is 40.7 Å². The molecule has 7 heteroatoms. The van der Waals surface area contributed by atoms with Gasteiger partial charge in [0.2, 0.25) is 0 Å². The smallest absolute Gasteiger partial charge is 0.336 e. The number of carbonyl (C=O) groups is 2. The highest BCUT2D eigenvalue weighted by Gasteiger charge is 2.44. The van der Waals surface area contributed by atoms with Gasteiger partial charge >= 0.3 is 5.97 Å². The highest BCUT2D eigenvalue weighted by Crippen LogP contribution is 2.47. The number of ether oxygens (including phenoxy) is 1. The van der Waals surface area contributed by atoms with Crippen LogP contribution in [0.2, 0.25) is 10.0 Å². The Morgan fingerprint density at radius 1 is 1.03 bits per heavy atom. The van der Waals surface area contributed by atoms with E-state index in [1.807, 2.05) is 18.2 Å². The fourth-order valence-electron chi connectivity index (χ4n) is 4.31. The number of methoxy groups -OCH3 is 1. The second kappa shape index (κ2) is 7.69. The van der Waals surface area contributed by atoms with Crippen LogP contribution in [0.25, 0.3) is 17.0 Å². The van der Waals surface area contributed by atoms with Crippen molar-refractivity contribution in [3.05, 3.63) is 98.4 Å². The Balaban J connectivity index is 1.67. The summed E-state index contributed by atoms with van der Waals surface area (Å²) in [6.07, 6.45) is 0. The number of Topliss-reactive ketones (excluding diaryl/α,β-unsaturated/α-hetero) is 1. The molecule has 1 aliphatic heterocycles. The summed E-state index contributed by atoms with van der Waals surface area (Å²) >= 11 is 12.2. The van der Waals surface area contributed by atoms with E-state index < -0.39 is 11.9 Å². The Labute approximate surface area is 194 Å². The lowest BCUT2D eigenvalue weighted by Crippen LogP contribution is -2.28. The number of carbonyl (C=O) groups excluding carboxylic acids is 2. The minimum atomic E-state index is -0.713. The number of benzene rings is 2. The van der Waals surface area contributed by atoms with E-state index in [0.29, 0.717) is 49.7 Å². The molecular formula is C25H17Cl2NO4. The van der Waals surface area contributed by atoms with Gasteiger partial charge in [-0.2, -0.15) is 0 Å². The number of esters is 1. The average Bonchev–Trinajstić information content (AvgIpc) is 3.38. The van der Waals surface area contributed by atoms with Gasteiger partial charge in [0.05, 0.1) is 34.3 Å². The lowest BCUT2D eigenvalue weighted by molar-refractivity contribution is -0.136. The molecule has 1 atom stereocenters. The van der Waals surface area contributed by atoms with Crippen molar-refractivity contribution in [2.24, 2.45) is 0 Å². The zero-order valence-electron chi connectivity index (χ0n) is 17.2. The SMILES string of the molecule is COC(=O)C1=C(C)NC2=C(C(=O)c3ccccc32)[C@@H]1c1ccc(-c2ccc(Cl)c(Cl)c2)o1. The number of nitrogens with one attached hydrogen (secondary N) is 1. The van der Waals surface area contributed by atoms with Crippen molar-refractivity contribution < 1.29 is 18.7 Å². The van der Waals surface area contributed by atoms with Gasteiger partial charge in [-0.05, 0) is 37.3 Å². The van der Waals surface area contributed by atoms with Crippen molar-refractivity contribution in [3.63, 3.8) is 0 Å². The molecule has 5 rings (SSSR count). The van der Waals surface area contributed by atoms with Crippen molar-refractivity contribution in [1.29, 1.82) is 0 Å². The van der Waals surface area contributed by atoms with Gasteiger partial charge in [-0.15, -0.1) is 0 Å². The van der Waals surface area contributed by atoms with Crippen LogP contribution in [0.1, 0.15) is 34.5 Å². The van der Waals surface area contributed by atoms with Crippen LogP contribution < -0.4 is 5.32 Å². The molecule has 0 radical (unpaired) electrons. The molecule has 3 aromatic rings. The minimum Gasteiger partial charge on any atom is -0.466 e. The Hall–Kier alpha value is -3.28. The summed E-state index contributed by atoms with van der Waals surface area (Å²) in [6, 6.07) is 16.1. The molecule has 32 heavy (non-hydrogen) atoms. The molecule has 0 unspecified atom stereocenters. The molecule has 0 amide bonds. The summed E-state index contributed by atoms with van der Waals surface area (Å²) in [5.74, 6) is -0.377. The first-order chi connectivity index (χ1) is 15.4. The second-order valence-electron chi connectivity index (χ2n) is 7.58. The number of fused-ring (bicyclic) bond motifs is 2. The fraction of sp³-hybridized carbons (Fsp3) is 0.120. The van der Waals surface area contributed by atoms with Gasteiger partial charge in [-0.3, -0.25) is 4.79 Å². The normalized spacial score (nSPS) is 17.2. The monoisotopic (exact) mass is 465 g/mol. The van der Waals surface area contributed by atoms with E-state index >= 15 is 0 Å². The number of dihydropyridines is 1. The first-order valence-corrected chi connectivity index (χ1v) is 10.7. The van der Waals surface area contributed by atoms with Crippen LogP contribution in [0.4, 0.5) is 0 Å². The fourth-order valence-corrected chi connectivity index (χ4v) is 4.60. The predicted octanol–water partition coefficient (Wildman–Crippen LogP) is 5.99. The summed E-state index contributed by atoms with van der Waals surface area (Å²) < 4.78 is 11.2. The first kappa shape index (κ1) is 20.6. The van der Waals surface area contributed by atoms with E-state index in [0.717, 1.165) is 11.1 Å². The van der Waals surface area contributed by atoms with Crippen LogP contribution in [0, 0.1) is 0 Å². The van der Waals surface area contributed by atoms with Crippen LogP contribution in [-0.2, 0) is 9.53 Å². The van der Waals surface area contributed by atoms with Gasteiger partial charge in [-0.1, -0.05) is 47.5 Å². The molecule has 1 aromatic heterocycles. The Morgan fingerprint density at radius 3 is 2.50 bits per heavy atom. The zero-order chi connectivity index (χ0) is 22.6. The number of ketones is 1. The van der Waals surface area contributed by atoms with E-state index in [2.05, 4.69) is 5.32 Å². The summed E-state index contributed by atoms with van der Waals surface area (Å²) in [5.41, 5.74) is 4.22. The van der Waals surface area contributed by atoms with Crippen LogP contribution in [0.15, 0.2) is 75.9 Å². The third-order valence-electron chi connectivity index (χ3n) is 5.77. The Kier molecular flexibility index (Phi) is 4.96. The van der Waals surface area contributed by atoms with E-state index in [1.165, 1.54) is 7.11 Å². The molecule has 2 aliphatic rings. The molecule has 2 aromatic carbocycles. The number of rotatable bonds is 3. The predicted molar refractivity (Wildman–Crippen MR) is 122 cm³/mol. The van der Waals surface area contributed by atoms with Gasteiger partial charge in [0.15, 0.2) is 5.78 Å². The lowest BCUT2D eigenvalue weighted by atomic mass is 9.83. The molecule has 0 fully saturated rings. The van der Waals surface area contributed by atoms with Gasteiger partial charge in [0, 0.05) is 28.0 Å². The standard InChI is InChI=1S/C25H17Cl2NO4/c1-12-20(25(30)31-2)21(22-23(28-12)14-5-3-4-6-15(14)24(22)29)19-10-9-18(32-19)13-7-8-16(26)17(27)11-13/h3-11,21,28H,1-2H3/t21-/m1/s1. The van der Waals surface area contributed by atoms with Crippen molar-refractivity contribution in [3.8, 4) is 11.3 Å². The van der Waals surface area contributed by atoms with Crippen molar-refractivity contribution in [2.75, 3.05) is 7.11 Å². The summed E-state index contributed by atoms with van der Waals surface area (Å²) in [4.78, 5) is 26.2. The maximum atomic E-state index is 13.4. The van der Waals surface area contributed by atoms with Gasteiger partial charge < -0.3 is 14.5 Å². The average molecular weight is 466 g/mol. The molecule has 1 N–H and O–H groups in total. The Bertz CT molecular complexity index is 1370. The first-order valence-electron chi connectivity index (χ1n) is 9.90. The third kappa shape index (κ3) is 3.08. The van der Waals surface area contributed by atoms with Crippen molar-refractivity contribution in [1.82, 2.24) is 5.32 Å². The largest absolute Gasteiger partial charge is 0.466 e. The number of furan rings is 1. The second-order valence-corrected chi connectivity index (χ2v) is 8.40. The third-order valence-corrected chi connectivity index (χ3v) is 6.51. The molecule has 0 saturated carbocycles. The molecule has 0 spiro atoms. The molecule has 5 nitrogen and oxygen atoms in total. The summed E-state index contributed by atoms with van der Waals surface area (Å²) in [7, 11) is 1.32. The van der Waals surface area contributed by atoms with E-state index in [1.54, 1.807) is 43.3 Å². The number of allylic oxidation sites excluding steroid dienone is 2. The van der Waals surface area contributed by atoms with Gasteiger partial charge in [-0.25, -0.2) is 4.79 Å². The van der Waals surface area contributed by atoms with Crippen LogP contribution in [0.3, 0.4) is 0 Å². The topological polar surface area (TPSA) is 68.5 Å². The zero-order valence-corrected chi connectivity index (χ0v) is 18.7. The number of hydrogen-bond acceptors (Lipinski definition) is 5. The quantitative estimate of drug-likeness (QED) is 0.480. The molecular weight excluding hydrogens is 449 g/mol. The maximum absolute atomic E-state index is 13.4. The highest BCUT2D eigenvalue weighted by atomic mass is 35.5. The molecule has 0 bridgehead atoms. The van der Waals surface area contributed by atoms with E-state index in [9.17, 15) is 9.59 Å². The van der Waals surface area contributed by atoms with E-state index in [4.69, 9.17) is 32.4 Å². The van der Waals surface area contributed by atoms with Crippen LogP contribution >= 0.6 is 23.2 Å².